The quantitative estimate of drug-likeness (QED) is 0.845. The molecule has 2 rings (SSSR count). The van der Waals surface area contributed by atoms with Gasteiger partial charge in [0.1, 0.15) is 0 Å². The normalized spacial score (nSPS) is 23.8. The minimum absolute atomic E-state index is 0.0253. The van der Waals surface area contributed by atoms with Gasteiger partial charge in [-0.25, -0.2) is 0 Å². The second-order valence-corrected chi connectivity index (χ2v) is 5.54. The van der Waals surface area contributed by atoms with Gasteiger partial charge in [0.25, 0.3) is 0 Å². The van der Waals surface area contributed by atoms with Gasteiger partial charge in [-0.3, -0.25) is 4.79 Å². The van der Waals surface area contributed by atoms with Crippen molar-refractivity contribution in [1.29, 1.82) is 0 Å². The van der Waals surface area contributed by atoms with E-state index in [4.69, 9.17) is 17.3 Å². The molecule has 4 heteroatoms. The van der Waals surface area contributed by atoms with Gasteiger partial charge >= 0.3 is 0 Å². The van der Waals surface area contributed by atoms with Gasteiger partial charge < -0.3 is 10.6 Å². The number of halogens is 1. The van der Waals surface area contributed by atoms with E-state index >= 15 is 0 Å². The summed E-state index contributed by atoms with van der Waals surface area (Å²) in [5.74, 6) is 0.515. The van der Waals surface area contributed by atoms with Gasteiger partial charge in [-0.1, -0.05) is 30.7 Å². The fraction of sp³-hybridized carbons (Fsp3) is 0.400. The van der Waals surface area contributed by atoms with Crippen molar-refractivity contribution in [1.82, 2.24) is 4.90 Å². The van der Waals surface area contributed by atoms with E-state index in [1.165, 1.54) is 0 Å². The predicted molar refractivity (Wildman–Crippen MR) is 78.8 cm³/mol. The Bertz CT molecular complexity index is 470. The summed E-state index contributed by atoms with van der Waals surface area (Å²) < 4.78 is 0. The molecule has 1 fully saturated rings. The van der Waals surface area contributed by atoms with Crippen LogP contribution in [0.2, 0.25) is 5.02 Å². The van der Waals surface area contributed by atoms with E-state index in [1.54, 1.807) is 6.08 Å². The number of piperidine rings is 1. The van der Waals surface area contributed by atoms with Gasteiger partial charge in [0.2, 0.25) is 5.91 Å². The molecular weight excluding hydrogens is 260 g/mol. The summed E-state index contributed by atoms with van der Waals surface area (Å²) in [6, 6.07) is 7.47. The smallest absolute Gasteiger partial charge is 0.246 e. The molecular formula is C15H19ClN2O. The lowest BCUT2D eigenvalue weighted by Gasteiger charge is -2.34. The van der Waals surface area contributed by atoms with E-state index in [0.717, 1.165) is 18.5 Å². The molecule has 1 aromatic carbocycles. The van der Waals surface area contributed by atoms with Gasteiger partial charge in [-0.2, -0.15) is 0 Å². The number of rotatable bonds is 2. The molecule has 102 valence electrons. The van der Waals surface area contributed by atoms with Crippen molar-refractivity contribution in [2.24, 2.45) is 11.7 Å². The standard InChI is InChI=1S/C15H19ClN2O/c1-11-8-9-18(10-14(11)17)15(19)7-4-12-2-5-13(16)6-3-12/h2-7,11,14H,8-10,17H2,1H3. The zero-order chi connectivity index (χ0) is 13.8. The lowest BCUT2D eigenvalue weighted by atomic mass is 9.94. The fourth-order valence-corrected chi connectivity index (χ4v) is 2.27. The lowest BCUT2D eigenvalue weighted by Crippen LogP contribution is -2.49. The van der Waals surface area contributed by atoms with Crippen LogP contribution in [-0.2, 0) is 4.79 Å². The summed E-state index contributed by atoms with van der Waals surface area (Å²) in [5, 5.41) is 0.694. The first-order valence-corrected chi connectivity index (χ1v) is 6.92. The molecule has 0 bridgehead atoms. The van der Waals surface area contributed by atoms with Crippen molar-refractivity contribution in [3.63, 3.8) is 0 Å². The average Bonchev–Trinajstić information content (AvgIpc) is 2.41. The Kier molecular flexibility index (Phi) is 4.61. The summed E-state index contributed by atoms with van der Waals surface area (Å²) in [7, 11) is 0. The van der Waals surface area contributed by atoms with E-state index in [0.29, 0.717) is 17.5 Å². The number of likely N-dealkylation sites (tertiary alicyclic amines) is 1. The van der Waals surface area contributed by atoms with Crippen LogP contribution < -0.4 is 5.73 Å². The van der Waals surface area contributed by atoms with E-state index < -0.39 is 0 Å². The van der Waals surface area contributed by atoms with Gasteiger partial charge in [0, 0.05) is 30.2 Å². The Morgan fingerprint density at radius 3 is 2.74 bits per heavy atom. The first kappa shape index (κ1) is 14.1. The highest BCUT2D eigenvalue weighted by Gasteiger charge is 2.24. The third kappa shape index (κ3) is 3.82. The molecule has 2 unspecified atom stereocenters. The van der Waals surface area contributed by atoms with Crippen molar-refractivity contribution >= 4 is 23.6 Å². The molecule has 1 aliphatic rings. The summed E-state index contributed by atoms with van der Waals surface area (Å²) in [5.41, 5.74) is 6.96. The number of benzene rings is 1. The van der Waals surface area contributed by atoms with Crippen LogP contribution in [0.15, 0.2) is 30.3 Å². The first-order chi connectivity index (χ1) is 9.06. The molecule has 0 saturated carbocycles. The van der Waals surface area contributed by atoms with Crippen LogP contribution in [0.5, 0.6) is 0 Å². The number of hydrogen-bond donors (Lipinski definition) is 1. The largest absolute Gasteiger partial charge is 0.338 e. The predicted octanol–water partition coefficient (Wildman–Crippen LogP) is 2.55. The van der Waals surface area contributed by atoms with Crippen LogP contribution in [0.3, 0.4) is 0 Å². The molecule has 2 atom stereocenters. The highest BCUT2D eigenvalue weighted by molar-refractivity contribution is 6.30. The van der Waals surface area contributed by atoms with Gasteiger partial charge in [-0.15, -0.1) is 0 Å². The topological polar surface area (TPSA) is 46.3 Å². The van der Waals surface area contributed by atoms with E-state index in [2.05, 4.69) is 6.92 Å². The molecule has 2 N–H and O–H groups in total. The third-order valence-corrected chi connectivity index (χ3v) is 3.87. The highest BCUT2D eigenvalue weighted by atomic mass is 35.5. The Balaban J connectivity index is 1.95. The van der Waals surface area contributed by atoms with E-state index in [1.807, 2.05) is 35.2 Å². The summed E-state index contributed by atoms with van der Waals surface area (Å²) in [6.07, 6.45) is 4.38. The monoisotopic (exact) mass is 278 g/mol. The van der Waals surface area contributed by atoms with Gasteiger partial charge in [-0.05, 0) is 36.1 Å². The van der Waals surface area contributed by atoms with Crippen LogP contribution in [0.1, 0.15) is 18.9 Å². The van der Waals surface area contributed by atoms with Gasteiger partial charge in [0.15, 0.2) is 0 Å². The highest BCUT2D eigenvalue weighted by Crippen LogP contribution is 2.16. The molecule has 1 saturated heterocycles. The molecule has 0 spiro atoms. The zero-order valence-corrected chi connectivity index (χ0v) is 11.8. The maximum atomic E-state index is 12.0. The van der Waals surface area contributed by atoms with Crippen LogP contribution in [0.25, 0.3) is 6.08 Å². The summed E-state index contributed by atoms with van der Waals surface area (Å²) in [4.78, 5) is 13.9. The summed E-state index contributed by atoms with van der Waals surface area (Å²) in [6.45, 7) is 3.57. The maximum Gasteiger partial charge on any atom is 0.246 e. The van der Waals surface area contributed by atoms with Crippen molar-refractivity contribution < 1.29 is 4.79 Å². The Morgan fingerprint density at radius 1 is 1.42 bits per heavy atom. The Labute approximate surface area is 119 Å². The molecule has 0 aromatic heterocycles. The van der Waals surface area contributed by atoms with Crippen molar-refractivity contribution in [2.75, 3.05) is 13.1 Å². The SMILES string of the molecule is CC1CCN(C(=O)C=Cc2ccc(Cl)cc2)CC1N. The molecule has 19 heavy (non-hydrogen) atoms. The van der Waals surface area contributed by atoms with Crippen molar-refractivity contribution in [3.8, 4) is 0 Å². The second-order valence-electron chi connectivity index (χ2n) is 5.10. The third-order valence-electron chi connectivity index (χ3n) is 3.62. The number of amides is 1. The molecule has 1 aromatic rings. The van der Waals surface area contributed by atoms with Crippen molar-refractivity contribution in [2.45, 2.75) is 19.4 Å². The van der Waals surface area contributed by atoms with Gasteiger partial charge in [0.05, 0.1) is 0 Å². The maximum absolute atomic E-state index is 12.0. The lowest BCUT2D eigenvalue weighted by molar-refractivity contribution is -0.127. The average molecular weight is 279 g/mol. The number of carbonyl (C=O) groups is 1. The Morgan fingerprint density at radius 2 is 2.11 bits per heavy atom. The minimum Gasteiger partial charge on any atom is -0.338 e. The second kappa shape index (κ2) is 6.22. The van der Waals surface area contributed by atoms with Crippen LogP contribution in [0, 0.1) is 5.92 Å². The fourth-order valence-electron chi connectivity index (χ4n) is 2.15. The number of nitrogens with zero attached hydrogens (tertiary/aromatic N) is 1. The minimum atomic E-state index is 0.0253. The first-order valence-electron chi connectivity index (χ1n) is 6.54. The van der Waals surface area contributed by atoms with Crippen molar-refractivity contribution in [3.05, 3.63) is 40.9 Å². The van der Waals surface area contributed by atoms with Crippen LogP contribution >= 0.6 is 11.6 Å². The molecule has 0 radical (unpaired) electrons. The molecule has 3 nitrogen and oxygen atoms in total. The van der Waals surface area contributed by atoms with Crippen LogP contribution in [-0.4, -0.2) is 29.9 Å². The number of nitrogens with two attached hydrogens (primary N) is 1. The summed E-state index contributed by atoms with van der Waals surface area (Å²) >= 11 is 5.81. The molecule has 1 heterocycles. The molecule has 1 amide bonds. The van der Waals surface area contributed by atoms with E-state index in [-0.39, 0.29) is 11.9 Å². The molecule has 0 aliphatic carbocycles. The Hall–Kier alpha value is -1.32. The number of hydrogen-bond acceptors (Lipinski definition) is 2. The number of carbonyl (C=O) groups excluding carboxylic acids is 1. The van der Waals surface area contributed by atoms with Crippen LogP contribution in [0.4, 0.5) is 0 Å². The van der Waals surface area contributed by atoms with E-state index in [9.17, 15) is 4.79 Å². The molecule has 1 aliphatic heterocycles. The zero-order valence-electron chi connectivity index (χ0n) is 11.1.